The fourth-order valence-corrected chi connectivity index (χ4v) is 2.64. The highest BCUT2D eigenvalue weighted by Gasteiger charge is 2.47. The molecule has 2 heterocycles. The summed E-state index contributed by atoms with van der Waals surface area (Å²) in [4.78, 5) is 0. The summed E-state index contributed by atoms with van der Waals surface area (Å²) in [5, 5.41) is 70.0. The van der Waals surface area contributed by atoms with Gasteiger partial charge in [0.2, 0.25) is 0 Å². The van der Waals surface area contributed by atoms with Crippen LogP contribution in [-0.4, -0.2) is 111 Å². The van der Waals surface area contributed by atoms with Gasteiger partial charge in [-0.2, -0.15) is 0 Å². The van der Waals surface area contributed by atoms with E-state index in [4.69, 9.17) is 14.6 Å². The molecule has 2 aliphatic rings. The fraction of sp³-hybridized carbons (Fsp3) is 1.00. The molecule has 0 amide bonds. The highest BCUT2D eigenvalue weighted by Crippen LogP contribution is 2.25. The van der Waals surface area contributed by atoms with E-state index in [1.807, 2.05) is 0 Å². The molecule has 0 saturated carbocycles. The van der Waals surface area contributed by atoms with Gasteiger partial charge in [0, 0.05) is 6.54 Å². The van der Waals surface area contributed by atoms with E-state index in [0.717, 1.165) is 0 Å². The number of rotatable bonds is 4. The maximum Gasteiger partial charge on any atom is 0.187 e. The van der Waals surface area contributed by atoms with Gasteiger partial charge in [-0.3, -0.25) is 0 Å². The maximum absolute atomic E-state index is 9.97. The van der Waals surface area contributed by atoms with E-state index in [1.165, 1.54) is 0 Å². The van der Waals surface area contributed by atoms with Crippen molar-refractivity contribution in [1.82, 2.24) is 5.32 Å². The molecule has 130 valence electrons. The van der Waals surface area contributed by atoms with Crippen molar-refractivity contribution in [2.45, 2.75) is 55.1 Å². The lowest BCUT2D eigenvalue weighted by molar-refractivity contribution is -0.324. The lowest BCUT2D eigenvalue weighted by Crippen LogP contribution is -2.65. The molecule has 2 aliphatic heterocycles. The topological polar surface area (TPSA) is 172 Å². The minimum Gasteiger partial charge on any atom is -0.395 e. The van der Waals surface area contributed by atoms with Crippen molar-refractivity contribution >= 4 is 0 Å². The number of β-amino-alcohol motifs (C(OH)–C–C–N with tert-alkyl or cyclic N) is 1. The van der Waals surface area contributed by atoms with E-state index in [9.17, 15) is 30.6 Å². The average Bonchev–Trinajstić information content (AvgIpc) is 2.52. The maximum atomic E-state index is 9.97. The molecular formula is C12H23NO9. The lowest BCUT2D eigenvalue weighted by atomic mass is 9.95. The molecule has 2 rings (SSSR count). The minimum absolute atomic E-state index is 0.0565. The molecule has 0 aliphatic carbocycles. The Morgan fingerprint density at radius 1 is 0.909 bits per heavy atom. The normalized spacial score (nSPS) is 50.0. The lowest BCUT2D eigenvalue weighted by Gasteiger charge is -2.44. The molecule has 0 spiro atoms. The summed E-state index contributed by atoms with van der Waals surface area (Å²) < 4.78 is 10.6. The van der Waals surface area contributed by atoms with Gasteiger partial charge < -0.3 is 50.5 Å². The number of hydrogen-bond donors (Lipinski definition) is 8. The second-order valence-electron chi connectivity index (χ2n) is 5.55. The number of hydrogen-bond acceptors (Lipinski definition) is 10. The average molecular weight is 325 g/mol. The van der Waals surface area contributed by atoms with Crippen LogP contribution in [0.15, 0.2) is 0 Å². The molecule has 8 N–H and O–H groups in total. The van der Waals surface area contributed by atoms with Gasteiger partial charge >= 0.3 is 0 Å². The van der Waals surface area contributed by atoms with Crippen molar-refractivity contribution in [1.29, 1.82) is 0 Å². The van der Waals surface area contributed by atoms with E-state index in [-0.39, 0.29) is 6.54 Å². The van der Waals surface area contributed by atoms with E-state index in [1.54, 1.807) is 0 Å². The third-order valence-corrected chi connectivity index (χ3v) is 4.05. The Morgan fingerprint density at radius 3 is 2.18 bits per heavy atom. The molecule has 10 nitrogen and oxygen atoms in total. The smallest absolute Gasteiger partial charge is 0.187 e. The molecule has 2 fully saturated rings. The van der Waals surface area contributed by atoms with Gasteiger partial charge in [0.05, 0.1) is 25.4 Å². The Hall–Kier alpha value is -0.400. The van der Waals surface area contributed by atoms with Crippen LogP contribution in [-0.2, 0) is 9.47 Å². The van der Waals surface area contributed by atoms with E-state index >= 15 is 0 Å². The van der Waals surface area contributed by atoms with Crippen molar-refractivity contribution < 1.29 is 45.2 Å². The zero-order chi connectivity index (χ0) is 16.4. The van der Waals surface area contributed by atoms with Gasteiger partial charge in [0.25, 0.3) is 0 Å². The zero-order valence-electron chi connectivity index (χ0n) is 11.8. The molecule has 2 saturated heterocycles. The molecule has 0 aromatic rings. The molecule has 22 heavy (non-hydrogen) atoms. The highest BCUT2D eigenvalue weighted by atomic mass is 16.7. The highest BCUT2D eigenvalue weighted by molar-refractivity contribution is 4.95. The first-order valence-corrected chi connectivity index (χ1v) is 7.07. The number of piperidine rings is 1. The first-order chi connectivity index (χ1) is 10.4. The monoisotopic (exact) mass is 325 g/mol. The SMILES string of the molecule is OC[C@H]1NC[C@H](O)[C@@H](O)[C@@H]1O[C@@H]1O[C@H](CO)[C@@H](O)[C@H](O)[C@H]1O. The molecule has 0 unspecified atom stereocenters. The Bertz CT molecular complexity index is 355. The van der Waals surface area contributed by atoms with Gasteiger partial charge in [-0.1, -0.05) is 0 Å². The van der Waals surface area contributed by atoms with Crippen LogP contribution < -0.4 is 5.32 Å². The third-order valence-electron chi connectivity index (χ3n) is 4.05. The van der Waals surface area contributed by atoms with Crippen molar-refractivity contribution in [3.8, 4) is 0 Å². The summed E-state index contributed by atoms with van der Waals surface area (Å²) in [6.07, 6.45) is -10.9. The molecule has 0 radical (unpaired) electrons. The summed E-state index contributed by atoms with van der Waals surface area (Å²) in [6.45, 7) is -0.949. The van der Waals surface area contributed by atoms with Crippen molar-refractivity contribution in [2.24, 2.45) is 0 Å². The van der Waals surface area contributed by atoms with Crippen LogP contribution in [0.3, 0.4) is 0 Å². The van der Waals surface area contributed by atoms with Gasteiger partial charge in [-0.15, -0.1) is 0 Å². The molecule has 10 heteroatoms. The number of aliphatic hydroxyl groups excluding tert-OH is 7. The predicted octanol–water partition coefficient (Wildman–Crippen LogP) is -5.14. The summed E-state index contributed by atoms with van der Waals surface area (Å²) in [7, 11) is 0. The van der Waals surface area contributed by atoms with Gasteiger partial charge in [0.1, 0.15) is 36.6 Å². The molecule has 0 bridgehead atoms. The number of ether oxygens (including phenoxy) is 2. The second-order valence-corrected chi connectivity index (χ2v) is 5.55. The van der Waals surface area contributed by atoms with Crippen LogP contribution >= 0.6 is 0 Å². The Balaban J connectivity index is 2.09. The first kappa shape index (κ1) is 17.9. The van der Waals surface area contributed by atoms with Crippen LogP contribution in [0.25, 0.3) is 0 Å². The summed E-state index contributed by atoms with van der Waals surface area (Å²) >= 11 is 0. The fourth-order valence-electron chi connectivity index (χ4n) is 2.64. The largest absolute Gasteiger partial charge is 0.395 e. The van der Waals surface area contributed by atoms with Crippen LogP contribution in [0.2, 0.25) is 0 Å². The summed E-state index contributed by atoms with van der Waals surface area (Å²) in [6, 6.07) is -0.717. The summed E-state index contributed by atoms with van der Waals surface area (Å²) in [5.74, 6) is 0. The van der Waals surface area contributed by atoms with E-state index < -0.39 is 68.3 Å². The molecule has 0 aromatic carbocycles. The van der Waals surface area contributed by atoms with E-state index in [0.29, 0.717) is 0 Å². The van der Waals surface area contributed by atoms with Gasteiger partial charge in [-0.25, -0.2) is 0 Å². The van der Waals surface area contributed by atoms with Gasteiger partial charge in [0.15, 0.2) is 6.29 Å². The standard InChI is InChI=1S/C12H23NO9/c14-2-4-11(7(17)5(16)1-13-4)22-12-10(20)9(19)8(18)6(3-15)21-12/h4-20H,1-3H2/t4-,5+,6-,7-,8-,9+,10-,11-,12+/m1/s1. The van der Waals surface area contributed by atoms with Crippen LogP contribution in [0.5, 0.6) is 0 Å². The first-order valence-electron chi connectivity index (χ1n) is 7.07. The Labute approximate surface area is 126 Å². The number of nitrogens with one attached hydrogen (secondary N) is 1. The van der Waals surface area contributed by atoms with Crippen molar-refractivity contribution in [3.05, 3.63) is 0 Å². The number of aliphatic hydroxyl groups is 7. The van der Waals surface area contributed by atoms with Gasteiger partial charge in [-0.05, 0) is 0 Å². The van der Waals surface area contributed by atoms with E-state index in [2.05, 4.69) is 5.32 Å². The second kappa shape index (κ2) is 7.45. The molecular weight excluding hydrogens is 302 g/mol. The van der Waals surface area contributed by atoms with Crippen molar-refractivity contribution in [3.63, 3.8) is 0 Å². The molecule has 0 aromatic heterocycles. The third kappa shape index (κ3) is 3.41. The predicted molar refractivity (Wildman–Crippen MR) is 69.5 cm³/mol. The van der Waals surface area contributed by atoms with Crippen LogP contribution in [0.1, 0.15) is 0 Å². The van der Waals surface area contributed by atoms with Crippen LogP contribution in [0.4, 0.5) is 0 Å². The quantitative estimate of drug-likeness (QED) is 0.250. The Kier molecular flexibility index (Phi) is 6.07. The zero-order valence-corrected chi connectivity index (χ0v) is 11.8. The molecule has 9 atom stereocenters. The van der Waals surface area contributed by atoms with Crippen molar-refractivity contribution in [2.75, 3.05) is 19.8 Å². The summed E-state index contributed by atoms with van der Waals surface area (Å²) in [5.41, 5.74) is 0. The Morgan fingerprint density at radius 2 is 1.59 bits per heavy atom. The minimum atomic E-state index is -1.62. The van der Waals surface area contributed by atoms with Crippen LogP contribution in [0, 0.1) is 0 Å².